The summed E-state index contributed by atoms with van der Waals surface area (Å²) in [6, 6.07) is 14.2. The van der Waals surface area contributed by atoms with Gasteiger partial charge in [-0.05, 0) is 94.1 Å². The maximum absolute atomic E-state index is 13.8. The summed E-state index contributed by atoms with van der Waals surface area (Å²) in [7, 11) is -3.83. The van der Waals surface area contributed by atoms with E-state index in [-0.39, 0.29) is 24.0 Å². The average molecular weight is 654 g/mol. The maximum Gasteiger partial charge on any atom is 0.242 e. The van der Waals surface area contributed by atoms with Gasteiger partial charge in [0.2, 0.25) is 21.8 Å². The van der Waals surface area contributed by atoms with E-state index >= 15 is 0 Å². The number of hydrogen-bond donors (Lipinski definition) is 7. The van der Waals surface area contributed by atoms with Gasteiger partial charge in [-0.2, -0.15) is 0 Å². The van der Waals surface area contributed by atoms with Crippen LogP contribution in [0.4, 0.5) is 0 Å². The van der Waals surface area contributed by atoms with Gasteiger partial charge in [0.25, 0.3) is 0 Å². The molecule has 2 saturated heterocycles. The first-order valence-corrected chi connectivity index (χ1v) is 18.3. The zero-order chi connectivity index (χ0) is 32.8. The minimum absolute atomic E-state index is 0.0269. The highest BCUT2D eigenvalue weighted by atomic mass is 32.2. The van der Waals surface area contributed by atoms with Gasteiger partial charge in [-0.1, -0.05) is 67.4 Å². The van der Waals surface area contributed by atoms with E-state index in [2.05, 4.69) is 26.0 Å². The standard InChI is InChI=1S/C34H51N7O4S/c35-32(36)29-12-9-27(10-13-29)23-39-33(42)30(14-11-26-17-21-38-22-18-26)40-34(43)31(8-4-7-25-15-19-37-20-16-25)41-46(44,45)24-28-5-2-1-3-6-28/h1-3,5-6,9-10,12-13,25-26,30-31,37-38,41H,4,7-8,11,14-24H2,(H3,35,36)(H,39,42)(H,40,43). The van der Waals surface area contributed by atoms with Crippen LogP contribution in [-0.4, -0.2) is 64.3 Å². The summed E-state index contributed by atoms with van der Waals surface area (Å²) >= 11 is 0. The van der Waals surface area contributed by atoms with Crippen molar-refractivity contribution in [1.82, 2.24) is 26.0 Å². The van der Waals surface area contributed by atoms with Crippen molar-refractivity contribution in [2.45, 2.75) is 82.2 Å². The number of carbonyl (C=O) groups excluding carboxylic acids is 2. The van der Waals surface area contributed by atoms with E-state index in [4.69, 9.17) is 11.1 Å². The number of nitrogen functional groups attached to an aromatic ring is 1. The predicted octanol–water partition coefficient (Wildman–Crippen LogP) is 2.51. The van der Waals surface area contributed by atoms with Gasteiger partial charge < -0.3 is 27.0 Å². The fourth-order valence-corrected chi connectivity index (χ4v) is 7.68. The van der Waals surface area contributed by atoms with E-state index in [1.807, 2.05) is 6.07 Å². The quantitative estimate of drug-likeness (QED) is 0.101. The van der Waals surface area contributed by atoms with Crippen LogP contribution in [0.2, 0.25) is 0 Å². The Bertz CT molecular complexity index is 1360. The second-order valence-corrected chi connectivity index (χ2v) is 14.5. The van der Waals surface area contributed by atoms with Crippen LogP contribution in [0.25, 0.3) is 0 Å². The van der Waals surface area contributed by atoms with Gasteiger partial charge in [0.1, 0.15) is 17.9 Å². The predicted molar refractivity (Wildman–Crippen MR) is 181 cm³/mol. The molecule has 4 rings (SSSR count). The number of benzene rings is 2. The first kappa shape index (κ1) is 35.5. The van der Waals surface area contributed by atoms with Crippen LogP contribution in [0.1, 0.15) is 74.5 Å². The molecule has 0 saturated carbocycles. The van der Waals surface area contributed by atoms with Crippen molar-refractivity contribution < 1.29 is 18.0 Å². The van der Waals surface area contributed by atoms with Crippen molar-refractivity contribution in [3.05, 3.63) is 71.3 Å². The number of amidine groups is 1. The maximum atomic E-state index is 13.8. The van der Waals surface area contributed by atoms with Crippen LogP contribution >= 0.6 is 0 Å². The number of carbonyl (C=O) groups is 2. The number of amides is 2. The van der Waals surface area contributed by atoms with Crippen molar-refractivity contribution >= 4 is 27.7 Å². The number of hydrogen-bond acceptors (Lipinski definition) is 7. The van der Waals surface area contributed by atoms with Crippen molar-refractivity contribution in [2.75, 3.05) is 26.2 Å². The summed E-state index contributed by atoms with van der Waals surface area (Å²) in [5, 5.41) is 20.2. The summed E-state index contributed by atoms with van der Waals surface area (Å²) in [4.78, 5) is 27.4. The fraction of sp³-hybridized carbons (Fsp3) is 0.559. The van der Waals surface area contributed by atoms with Gasteiger partial charge in [0, 0.05) is 12.1 Å². The Morgan fingerprint density at radius 2 is 1.41 bits per heavy atom. The first-order valence-electron chi connectivity index (χ1n) is 16.7. The molecular weight excluding hydrogens is 602 g/mol. The van der Waals surface area contributed by atoms with Gasteiger partial charge in [0.05, 0.1) is 5.75 Å². The van der Waals surface area contributed by atoms with Gasteiger partial charge in [-0.15, -0.1) is 0 Å². The van der Waals surface area contributed by atoms with E-state index in [1.54, 1.807) is 48.5 Å². The zero-order valence-corrected chi connectivity index (χ0v) is 27.5. The van der Waals surface area contributed by atoms with Crippen molar-refractivity contribution in [1.29, 1.82) is 5.41 Å². The fourth-order valence-electron chi connectivity index (χ4n) is 6.31. The Morgan fingerprint density at radius 1 is 0.804 bits per heavy atom. The highest BCUT2D eigenvalue weighted by Crippen LogP contribution is 2.21. The molecule has 0 spiro atoms. The molecule has 2 aromatic carbocycles. The van der Waals surface area contributed by atoms with E-state index in [0.29, 0.717) is 42.2 Å². The topological polar surface area (TPSA) is 178 Å². The molecule has 2 aromatic rings. The SMILES string of the molecule is N=C(N)c1ccc(CNC(=O)C(CCC2CCNCC2)NC(=O)C(CCCC2CCNCC2)NS(=O)(=O)Cc2ccccc2)cc1. The average Bonchev–Trinajstić information content (AvgIpc) is 3.06. The lowest BCUT2D eigenvalue weighted by atomic mass is 9.91. The molecule has 2 unspecified atom stereocenters. The molecule has 0 aromatic heterocycles. The van der Waals surface area contributed by atoms with E-state index in [1.165, 1.54) is 0 Å². The minimum atomic E-state index is -3.83. The third-order valence-corrected chi connectivity index (χ3v) is 10.4. The van der Waals surface area contributed by atoms with Crippen LogP contribution in [0, 0.1) is 17.2 Å². The number of sulfonamides is 1. The Kier molecular flexibility index (Phi) is 14.0. The van der Waals surface area contributed by atoms with Gasteiger partial charge in [-0.3, -0.25) is 15.0 Å². The molecule has 8 N–H and O–H groups in total. The lowest BCUT2D eigenvalue weighted by Crippen LogP contribution is -2.53. The highest BCUT2D eigenvalue weighted by Gasteiger charge is 2.30. The third-order valence-electron chi connectivity index (χ3n) is 9.09. The van der Waals surface area contributed by atoms with Crippen molar-refractivity contribution in [2.24, 2.45) is 17.6 Å². The monoisotopic (exact) mass is 653 g/mol. The van der Waals surface area contributed by atoms with Gasteiger partial charge in [-0.25, -0.2) is 13.1 Å². The molecule has 12 heteroatoms. The molecule has 0 aliphatic carbocycles. The van der Waals surface area contributed by atoms with Gasteiger partial charge in [0.15, 0.2) is 0 Å². The van der Waals surface area contributed by atoms with E-state index < -0.39 is 28.0 Å². The highest BCUT2D eigenvalue weighted by molar-refractivity contribution is 7.88. The molecule has 2 heterocycles. The zero-order valence-electron chi connectivity index (χ0n) is 26.7. The van der Waals surface area contributed by atoms with Crippen LogP contribution in [0.3, 0.4) is 0 Å². The van der Waals surface area contributed by atoms with Gasteiger partial charge >= 0.3 is 0 Å². The molecule has 0 bridgehead atoms. The van der Waals surface area contributed by atoms with Crippen molar-refractivity contribution in [3.63, 3.8) is 0 Å². The lowest BCUT2D eigenvalue weighted by molar-refractivity contribution is -0.130. The number of nitrogens with two attached hydrogens (primary N) is 1. The molecule has 2 fully saturated rings. The van der Waals surface area contributed by atoms with Crippen LogP contribution < -0.4 is 31.7 Å². The molecule has 2 amide bonds. The van der Waals surface area contributed by atoms with E-state index in [0.717, 1.165) is 70.3 Å². The molecular formula is C34H51N7O4S. The van der Waals surface area contributed by atoms with Crippen molar-refractivity contribution in [3.8, 4) is 0 Å². The van der Waals surface area contributed by atoms with Crippen LogP contribution in [0.15, 0.2) is 54.6 Å². The second-order valence-electron chi connectivity index (χ2n) is 12.7. The summed E-state index contributed by atoms with van der Waals surface area (Å²) in [6.07, 6.45) is 7.42. The molecule has 46 heavy (non-hydrogen) atoms. The third kappa shape index (κ3) is 12.1. The summed E-state index contributed by atoms with van der Waals surface area (Å²) in [5.41, 5.74) is 7.64. The van der Waals surface area contributed by atoms with Crippen LogP contribution in [-0.2, 0) is 31.9 Å². The second kappa shape index (κ2) is 18.1. The van der Waals surface area contributed by atoms with Crippen LogP contribution in [0.5, 0.6) is 0 Å². The number of piperidine rings is 2. The molecule has 11 nitrogen and oxygen atoms in total. The molecule has 2 aliphatic heterocycles. The molecule has 252 valence electrons. The number of rotatable bonds is 17. The molecule has 0 radical (unpaired) electrons. The Balaban J connectivity index is 1.44. The Morgan fingerprint density at radius 3 is 2.02 bits per heavy atom. The normalized spacial score (nSPS) is 17.6. The minimum Gasteiger partial charge on any atom is -0.384 e. The largest absolute Gasteiger partial charge is 0.384 e. The summed E-state index contributed by atoms with van der Waals surface area (Å²) in [5.74, 6) is -0.0251. The molecule has 2 atom stereocenters. The van der Waals surface area contributed by atoms with E-state index in [9.17, 15) is 18.0 Å². The molecule has 2 aliphatic rings. The summed E-state index contributed by atoms with van der Waals surface area (Å²) in [6.45, 7) is 4.08. The Hall–Kier alpha value is -3.32. The lowest BCUT2D eigenvalue weighted by Gasteiger charge is -2.27. The first-order chi connectivity index (χ1) is 22.2. The Labute approximate surface area is 273 Å². The number of nitrogens with one attached hydrogen (secondary N) is 6. The summed E-state index contributed by atoms with van der Waals surface area (Å²) < 4.78 is 29.2. The smallest absolute Gasteiger partial charge is 0.242 e.